The summed E-state index contributed by atoms with van der Waals surface area (Å²) in [5, 5.41) is 21.0. The Morgan fingerprint density at radius 1 is 0.789 bits per heavy atom. The fourth-order valence-corrected chi connectivity index (χ4v) is 4.03. The SMILES string of the molecule is CC[C@H](C)[C@H](NC(=O)[C@@H](N)CCSC)C(=O)N[C@@H](CCSC)C(=O)NCC(=O)N[C@@H](C)C(=O)NCC(=O)O. The maximum absolute atomic E-state index is 13.1. The molecule has 5 atom stereocenters. The zero-order chi connectivity index (χ0) is 29.3. The highest BCUT2D eigenvalue weighted by molar-refractivity contribution is 7.98. The van der Waals surface area contributed by atoms with E-state index in [0.29, 0.717) is 24.3 Å². The largest absolute Gasteiger partial charge is 0.480 e. The number of thioether (sulfide) groups is 2. The number of aliphatic carboxylic acids is 1. The van der Waals surface area contributed by atoms with E-state index >= 15 is 0 Å². The second kappa shape index (κ2) is 19.5. The van der Waals surface area contributed by atoms with Gasteiger partial charge < -0.3 is 37.4 Å². The Kier molecular flexibility index (Phi) is 18.2. The lowest BCUT2D eigenvalue weighted by atomic mass is 9.97. The van der Waals surface area contributed by atoms with E-state index in [1.807, 2.05) is 26.4 Å². The van der Waals surface area contributed by atoms with Crippen molar-refractivity contribution >= 4 is 59.0 Å². The van der Waals surface area contributed by atoms with Crippen LogP contribution in [0.15, 0.2) is 0 Å². The summed E-state index contributed by atoms with van der Waals surface area (Å²) in [5.74, 6) is -3.14. The van der Waals surface area contributed by atoms with Crippen LogP contribution in [0.4, 0.5) is 0 Å². The number of carbonyl (C=O) groups is 6. The van der Waals surface area contributed by atoms with Gasteiger partial charge in [0, 0.05) is 0 Å². The van der Waals surface area contributed by atoms with Crippen molar-refractivity contribution in [2.45, 2.75) is 64.2 Å². The van der Waals surface area contributed by atoms with Gasteiger partial charge in [-0.2, -0.15) is 23.5 Å². The predicted octanol–water partition coefficient (Wildman–Crippen LogP) is -1.34. The summed E-state index contributed by atoms with van der Waals surface area (Å²) in [7, 11) is 0. The molecule has 0 aliphatic heterocycles. The summed E-state index contributed by atoms with van der Waals surface area (Å²) < 4.78 is 0. The molecule has 0 aromatic carbocycles. The van der Waals surface area contributed by atoms with Crippen LogP contribution in [0.1, 0.15) is 40.0 Å². The molecule has 0 saturated heterocycles. The monoisotopic (exact) mass is 578 g/mol. The van der Waals surface area contributed by atoms with Gasteiger partial charge in [-0.3, -0.25) is 28.8 Å². The van der Waals surface area contributed by atoms with E-state index in [4.69, 9.17) is 10.8 Å². The molecular formula is C23H42N6O7S2. The zero-order valence-electron chi connectivity index (χ0n) is 22.6. The van der Waals surface area contributed by atoms with Gasteiger partial charge in [0.1, 0.15) is 24.7 Å². The number of hydrogen-bond acceptors (Lipinski definition) is 9. The molecule has 0 heterocycles. The quantitative estimate of drug-likeness (QED) is 0.0959. The molecule has 0 aromatic heterocycles. The van der Waals surface area contributed by atoms with Crippen LogP contribution in [0.5, 0.6) is 0 Å². The minimum Gasteiger partial charge on any atom is -0.480 e. The maximum Gasteiger partial charge on any atom is 0.322 e. The van der Waals surface area contributed by atoms with E-state index in [0.717, 1.165) is 0 Å². The van der Waals surface area contributed by atoms with Crippen molar-refractivity contribution in [3.63, 3.8) is 0 Å². The fraction of sp³-hybridized carbons (Fsp3) is 0.739. The Labute approximate surface area is 232 Å². The van der Waals surface area contributed by atoms with Gasteiger partial charge in [0.05, 0.1) is 12.6 Å². The number of hydrogen-bond donors (Lipinski definition) is 7. The summed E-state index contributed by atoms with van der Waals surface area (Å²) in [4.78, 5) is 73.1. The van der Waals surface area contributed by atoms with Gasteiger partial charge in [0.2, 0.25) is 29.5 Å². The predicted molar refractivity (Wildman–Crippen MR) is 149 cm³/mol. The smallest absolute Gasteiger partial charge is 0.322 e. The van der Waals surface area contributed by atoms with Crippen molar-refractivity contribution in [1.29, 1.82) is 0 Å². The van der Waals surface area contributed by atoms with Crippen LogP contribution < -0.4 is 32.3 Å². The van der Waals surface area contributed by atoms with Crippen LogP contribution in [0.3, 0.4) is 0 Å². The molecule has 0 rings (SSSR count). The van der Waals surface area contributed by atoms with Gasteiger partial charge in [-0.15, -0.1) is 0 Å². The number of nitrogens with two attached hydrogens (primary N) is 1. The number of carboxylic acid groups (broad SMARTS) is 1. The van der Waals surface area contributed by atoms with E-state index in [1.165, 1.54) is 18.7 Å². The Hall–Kier alpha value is -2.52. The Balaban J connectivity index is 5.18. The minimum absolute atomic E-state index is 0.226. The van der Waals surface area contributed by atoms with E-state index in [2.05, 4.69) is 26.6 Å². The van der Waals surface area contributed by atoms with E-state index < -0.39 is 72.8 Å². The first-order chi connectivity index (χ1) is 17.9. The molecule has 0 spiro atoms. The molecule has 0 unspecified atom stereocenters. The highest BCUT2D eigenvalue weighted by atomic mass is 32.2. The molecule has 5 amide bonds. The Bertz CT molecular complexity index is 817. The highest BCUT2D eigenvalue weighted by Gasteiger charge is 2.31. The lowest BCUT2D eigenvalue weighted by molar-refractivity contribution is -0.138. The molecule has 218 valence electrons. The van der Waals surface area contributed by atoms with Crippen LogP contribution in [0, 0.1) is 5.92 Å². The van der Waals surface area contributed by atoms with Gasteiger partial charge in [-0.05, 0) is 49.7 Å². The third-order valence-corrected chi connectivity index (χ3v) is 6.90. The molecule has 0 radical (unpaired) electrons. The molecule has 8 N–H and O–H groups in total. The number of amides is 5. The zero-order valence-corrected chi connectivity index (χ0v) is 24.3. The summed E-state index contributed by atoms with van der Waals surface area (Å²) in [6.07, 6.45) is 5.09. The first kappa shape index (κ1) is 35.5. The first-order valence-electron chi connectivity index (χ1n) is 12.3. The molecule has 0 aromatic rings. The molecular weight excluding hydrogens is 536 g/mol. The molecule has 0 aliphatic carbocycles. The first-order valence-corrected chi connectivity index (χ1v) is 15.1. The molecule has 38 heavy (non-hydrogen) atoms. The van der Waals surface area contributed by atoms with Crippen molar-refractivity contribution < 1.29 is 33.9 Å². The lowest BCUT2D eigenvalue weighted by Gasteiger charge is -2.27. The molecule has 13 nitrogen and oxygen atoms in total. The van der Waals surface area contributed by atoms with Crippen LogP contribution >= 0.6 is 23.5 Å². The van der Waals surface area contributed by atoms with Gasteiger partial charge in [-0.1, -0.05) is 20.3 Å². The van der Waals surface area contributed by atoms with Crippen LogP contribution in [-0.4, -0.2) is 102 Å². The van der Waals surface area contributed by atoms with Crippen molar-refractivity contribution in [3.05, 3.63) is 0 Å². The van der Waals surface area contributed by atoms with E-state index in [9.17, 15) is 28.8 Å². The summed E-state index contributed by atoms with van der Waals surface area (Å²) in [6, 6.07) is -3.64. The van der Waals surface area contributed by atoms with Crippen LogP contribution in [0.25, 0.3) is 0 Å². The topological polar surface area (TPSA) is 209 Å². The molecule has 0 bridgehead atoms. The average Bonchev–Trinajstić information content (AvgIpc) is 2.88. The van der Waals surface area contributed by atoms with Crippen molar-refractivity contribution in [3.8, 4) is 0 Å². The van der Waals surface area contributed by atoms with Crippen molar-refractivity contribution in [1.82, 2.24) is 26.6 Å². The summed E-state index contributed by atoms with van der Waals surface area (Å²) in [6.45, 7) is 4.01. The number of carboxylic acids is 1. The summed E-state index contributed by atoms with van der Waals surface area (Å²) >= 11 is 3.03. The summed E-state index contributed by atoms with van der Waals surface area (Å²) in [5.41, 5.74) is 5.95. The third-order valence-electron chi connectivity index (χ3n) is 5.61. The normalized spacial score (nSPS) is 14.7. The van der Waals surface area contributed by atoms with Gasteiger partial charge in [0.15, 0.2) is 0 Å². The molecule has 15 heteroatoms. The lowest BCUT2D eigenvalue weighted by Crippen LogP contribution is -2.58. The second-order valence-electron chi connectivity index (χ2n) is 8.72. The highest BCUT2D eigenvalue weighted by Crippen LogP contribution is 2.11. The van der Waals surface area contributed by atoms with Crippen molar-refractivity contribution in [2.75, 3.05) is 37.1 Å². The number of carbonyl (C=O) groups excluding carboxylic acids is 5. The van der Waals surface area contributed by atoms with E-state index in [-0.39, 0.29) is 12.3 Å². The number of rotatable bonds is 19. The second-order valence-corrected chi connectivity index (χ2v) is 10.7. The van der Waals surface area contributed by atoms with Gasteiger partial charge in [0.25, 0.3) is 0 Å². The maximum atomic E-state index is 13.1. The molecule has 0 aliphatic rings. The standard InChI is InChI=1S/C23H42N6O7S2/c1-6-13(2)19(29-21(34)15(24)7-9-37-4)23(36)28-16(8-10-38-5)22(35)25-11-17(30)27-14(3)20(33)26-12-18(31)32/h13-16,19H,6-12,24H2,1-5H3,(H,25,35)(H,26,33)(H,27,30)(H,28,36)(H,29,34)(H,31,32)/t13-,14-,15-,16-,19-/m0/s1. The van der Waals surface area contributed by atoms with Crippen molar-refractivity contribution in [2.24, 2.45) is 11.7 Å². The Morgan fingerprint density at radius 3 is 1.92 bits per heavy atom. The van der Waals surface area contributed by atoms with Gasteiger partial charge >= 0.3 is 5.97 Å². The van der Waals surface area contributed by atoms with E-state index in [1.54, 1.807) is 11.8 Å². The average molecular weight is 579 g/mol. The van der Waals surface area contributed by atoms with Gasteiger partial charge in [-0.25, -0.2) is 0 Å². The van der Waals surface area contributed by atoms with Crippen LogP contribution in [0.2, 0.25) is 0 Å². The van der Waals surface area contributed by atoms with Crippen LogP contribution in [-0.2, 0) is 28.8 Å². The minimum atomic E-state index is -1.23. The third kappa shape index (κ3) is 14.4. The Morgan fingerprint density at radius 2 is 1.37 bits per heavy atom. The fourth-order valence-electron chi connectivity index (χ4n) is 3.07. The number of nitrogens with one attached hydrogen (secondary N) is 5. The molecule has 0 fully saturated rings. The molecule has 0 saturated carbocycles.